The number of rotatable bonds is 9. The van der Waals surface area contributed by atoms with Gasteiger partial charge in [-0.15, -0.1) is 0 Å². The van der Waals surface area contributed by atoms with Crippen molar-refractivity contribution in [1.29, 1.82) is 0 Å². The molecule has 2 saturated carbocycles. The Kier molecular flexibility index (Phi) is 10.6. The molecule has 11 rings (SSSR count). The maximum Gasteiger partial charge on any atom is 0.201 e. The summed E-state index contributed by atoms with van der Waals surface area (Å²) in [5.41, 5.74) is -0.315. The topological polar surface area (TPSA) is 129 Å². The van der Waals surface area contributed by atoms with Gasteiger partial charge in [0.1, 0.15) is 0 Å². The summed E-state index contributed by atoms with van der Waals surface area (Å²) in [4.78, 5) is 29.5. The first-order valence-electron chi connectivity index (χ1n) is 20.9. The van der Waals surface area contributed by atoms with E-state index in [4.69, 9.17) is 53.0 Å². The van der Waals surface area contributed by atoms with Gasteiger partial charge in [-0.3, -0.25) is 4.99 Å². The van der Waals surface area contributed by atoms with Crippen LogP contribution in [0.15, 0.2) is 33.7 Å². The van der Waals surface area contributed by atoms with Gasteiger partial charge in [0.05, 0.1) is 19.8 Å². The van der Waals surface area contributed by atoms with Gasteiger partial charge in [-0.05, 0) is 94.2 Å². The van der Waals surface area contributed by atoms with Crippen molar-refractivity contribution in [3.05, 3.63) is 28.7 Å². The number of benzene rings is 1. The molecular formula is C41H60BrN3O10. The SMILES string of the molecule is C[C@@H]1CC[C@H]2[C@@H](C)C(OCCN=C(NCCOC3O[C@@H]4O[C@]5(C)CC[C@@H]6[C@@H](C)CC[C@H]([C@@H]3C)[C@]46OO5)Nc3cccc(Br)c3)O[C@H]3O[C@@]4(C)CC[C@@H]1[C@]32OO4. The van der Waals surface area contributed by atoms with Crippen molar-refractivity contribution in [2.45, 2.75) is 141 Å². The molecule has 1 aromatic rings. The Balaban J connectivity index is 0.831. The maximum absolute atomic E-state index is 6.63. The van der Waals surface area contributed by atoms with Crippen molar-refractivity contribution < 1.29 is 48.0 Å². The van der Waals surface area contributed by atoms with Crippen molar-refractivity contribution in [2.75, 3.05) is 31.6 Å². The number of halogens is 1. The molecule has 8 heterocycles. The standard InChI is InChI=1S/C41H60BrN3O10/c1-23-10-12-31-25(3)33(48-35-40(31)29(23)14-16-38(5,50-35)52-54-40)46-20-18-43-37(45-28-9-7-8-27(42)22-28)44-19-21-47-34-26(4)32-13-11-24(2)30-15-17-39(6)51-36(49-34)41(30,32)55-53-39/h7-9,22-26,29-36H,10-21H2,1-6H3,(H2,43,44,45)/t23-,24+,25-,26+,29+,30-,31+,32-,33?,34?,35+,36-,38-,39+,40-,41+. The predicted molar refractivity (Wildman–Crippen MR) is 204 cm³/mol. The summed E-state index contributed by atoms with van der Waals surface area (Å²) in [5, 5.41) is 6.91. The van der Waals surface area contributed by atoms with Gasteiger partial charge in [0.15, 0.2) is 42.3 Å². The van der Waals surface area contributed by atoms with Gasteiger partial charge in [-0.1, -0.05) is 49.7 Å². The van der Waals surface area contributed by atoms with Crippen LogP contribution in [0.5, 0.6) is 0 Å². The van der Waals surface area contributed by atoms with Crippen LogP contribution < -0.4 is 10.6 Å². The maximum atomic E-state index is 6.63. The molecule has 306 valence electrons. The number of anilines is 1. The molecule has 0 aromatic heterocycles. The number of nitrogens with one attached hydrogen (secondary N) is 2. The van der Waals surface area contributed by atoms with Gasteiger partial charge in [-0.25, -0.2) is 19.6 Å². The number of ether oxygens (including phenoxy) is 6. The summed E-state index contributed by atoms with van der Waals surface area (Å²) in [7, 11) is 0. The molecule has 14 heteroatoms. The minimum Gasteiger partial charge on any atom is -0.354 e. The Morgan fingerprint density at radius 3 is 1.87 bits per heavy atom. The second kappa shape index (κ2) is 15.0. The van der Waals surface area contributed by atoms with Gasteiger partial charge >= 0.3 is 0 Å². The number of hydrogen-bond donors (Lipinski definition) is 2. The molecule has 2 aliphatic carbocycles. The number of fused-ring (bicyclic) bond motifs is 4. The monoisotopic (exact) mass is 833 g/mol. The highest BCUT2D eigenvalue weighted by Gasteiger charge is 2.71. The van der Waals surface area contributed by atoms with Crippen LogP contribution in [0.1, 0.15) is 92.9 Å². The molecule has 10 aliphatic rings. The fourth-order valence-electron chi connectivity index (χ4n) is 11.6. The molecule has 10 fully saturated rings. The van der Waals surface area contributed by atoms with Crippen LogP contribution >= 0.6 is 15.9 Å². The largest absolute Gasteiger partial charge is 0.354 e. The van der Waals surface area contributed by atoms with E-state index in [9.17, 15) is 0 Å². The first kappa shape index (κ1) is 39.1. The third-order valence-corrected chi connectivity index (χ3v) is 15.1. The van der Waals surface area contributed by atoms with E-state index in [0.717, 1.165) is 61.5 Å². The number of guanidine groups is 1. The highest BCUT2D eigenvalue weighted by atomic mass is 79.9. The van der Waals surface area contributed by atoms with E-state index < -0.39 is 47.9 Å². The van der Waals surface area contributed by atoms with E-state index in [1.165, 1.54) is 0 Å². The zero-order valence-corrected chi connectivity index (χ0v) is 34.7. The lowest BCUT2D eigenvalue weighted by atomic mass is 9.58. The van der Waals surface area contributed by atoms with Gasteiger partial charge in [0.2, 0.25) is 11.6 Å². The van der Waals surface area contributed by atoms with Crippen molar-refractivity contribution >= 4 is 27.6 Å². The van der Waals surface area contributed by atoms with Crippen LogP contribution in [-0.4, -0.2) is 80.2 Å². The van der Waals surface area contributed by atoms with Crippen molar-refractivity contribution in [2.24, 2.45) is 52.3 Å². The summed E-state index contributed by atoms with van der Waals surface area (Å²) in [6.45, 7) is 14.7. The van der Waals surface area contributed by atoms with Crippen LogP contribution in [0, 0.1) is 47.3 Å². The van der Waals surface area contributed by atoms with E-state index in [1.54, 1.807) is 0 Å². The third kappa shape index (κ3) is 6.80. The van der Waals surface area contributed by atoms with Gasteiger partial charge in [0, 0.05) is 53.2 Å². The summed E-state index contributed by atoms with van der Waals surface area (Å²) in [6, 6.07) is 8.00. The van der Waals surface area contributed by atoms with E-state index >= 15 is 0 Å². The lowest BCUT2D eigenvalue weighted by Gasteiger charge is -2.60. The summed E-state index contributed by atoms with van der Waals surface area (Å²) < 4.78 is 40.2. The summed E-state index contributed by atoms with van der Waals surface area (Å²) in [5.74, 6) is 1.26. The Morgan fingerprint density at radius 2 is 1.31 bits per heavy atom. The zero-order valence-electron chi connectivity index (χ0n) is 33.1. The number of nitrogens with zero attached hydrogens (tertiary/aromatic N) is 1. The molecule has 2 unspecified atom stereocenters. The molecule has 16 atom stereocenters. The van der Waals surface area contributed by atoms with E-state index in [0.29, 0.717) is 55.9 Å². The molecule has 13 nitrogen and oxygen atoms in total. The molecule has 2 N–H and O–H groups in total. The lowest BCUT2D eigenvalue weighted by molar-refractivity contribution is -0.577. The second-order valence-corrected chi connectivity index (χ2v) is 19.0. The van der Waals surface area contributed by atoms with Crippen LogP contribution in [0.25, 0.3) is 0 Å². The van der Waals surface area contributed by atoms with E-state index in [2.05, 4.69) is 54.3 Å². The Hall–Kier alpha value is -1.43. The average Bonchev–Trinajstić information content (AvgIpc) is 3.53. The molecular weight excluding hydrogens is 774 g/mol. The van der Waals surface area contributed by atoms with Gasteiger partial charge < -0.3 is 39.1 Å². The first-order chi connectivity index (χ1) is 26.4. The second-order valence-electron chi connectivity index (χ2n) is 18.1. The van der Waals surface area contributed by atoms with Crippen molar-refractivity contribution in [1.82, 2.24) is 5.32 Å². The molecule has 0 radical (unpaired) electrons. The molecule has 4 bridgehead atoms. The molecule has 8 aliphatic heterocycles. The highest BCUT2D eigenvalue weighted by molar-refractivity contribution is 9.10. The van der Waals surface area contributed by atoms with Crippen LogP contribution in [0.3, 0.4) is 0 Å². The van der Waals surface area contributed by atoms with Crippen LogP contribution in [0.2, 0.25) is 0 Å². The van der Waals surface area contributed by atoms with Gasteiger partial charge in [-0.2, -0.15) is 0 Å². The fraction of sp³-hybridized carbons (Fsp3) is 0.829. The minimum atomic E-state index is -0.819. The predicted octanol–water partition coefficient (Wildman–Crippen LogP) is 7.26. The average molecular weight is 835 g/mol. The van der Waals surface area contributed by atoms with Crippen LogP contribution in [0.4, 0.5) is 5.69 Å². The normalized spacial score (nSPS) is 48.7. The number of aliphatic imine (C=N–C) groups is 1. The lowest BCUT2D eigenvalue weighted by Crippen LogP contribution is -2.70. The molecule has 0 amide bonds. The van der Waals surface area contributed by atoms with Gasteiger partial charge in [0.25, 0.3) is 0 Å². The Labute approximate surface area is 333 Å². The number of hydrogen-bond acceptors (Lipinski definition) is 11. The zero-order chi connectivity index (χ0) is 38.2. The smallest absolute Gasteiger partial charge is 0.201 e. The molecule has 2 spiro atoms. The first-order valence-corrected chi connectivity index (χ1v) is 21.7. The van der Waals surface area contributed by atoms with Crippen LogP contribution in [-0.2, 0) is 48.0 Å². The minimum absolute atomic E-state index is 0.0992. The quantitative estimate of drug-likeness (QED) is 0.113. The van der Waals surface area contributed by atoms with E-state index in [1.807, 2.05) is 38.1 Å². The van der Waals surface area contributed by atoms with Crippen molar-refractivity contribution in [3.8, 4) is 0 Å². The summed E-state index contributed by atoms with van der Waals surface area (Å²) >= 11 is 3.59. The fourth-order valence-corrected chi connectivity index (χ4v) is 12.0. The molecule has 1 aromatic carbocycles. The highest BCUT2D eigenvalue weighted by Crippen LogP contribution is 2.62. The Morgan fingerprint density at radius 1 is 0.745 bits per heavy atom. The van der Waals surface area contributed by atoms with Crippen molar-refractivity contribution in [3.63, 3.8) is 0 Å². The molecule has 8 saturated heterocycles. The summed E-state index contributed by atoms with van der Waals surface area (Å²) in [6.07, 6.45) is 5.97. The Bertz CT molecular complexity index is 1590. The van der Waals surface area contributed by atoms with E-state index in [-0.39, 0.29) is 23.7 Å². The third-order valence-electron chi connectivity index (χ3n) is 14.6. The molecule has 55 heavy (non-hydrogen) atoms.